The number of rotatable bonds is 9. The molecule has 2 unspecified atom stereocenters. The summed E-state index contributed by atoms with van der Waals surface area (Å²) < 4.78 is 64.1. The van der Waals surface area contributed by atoms with Crippen LogP contribution in [-0.2, 0) is 14.3 Å². The highest BCUT2D eigenvalue weighted by Crippen LogP contribution is 2.27. The van der Waals surface area contributed by atoms with Gasteiger partial charge in [0.15, 0.2) is 23.2 Å². The number of hydrogen-bond donors (Lipinski definition) is 3. The predicted molar refractivity (Wildman–Crippen MR) is 103 cm³/mol. The summed E-state index contributed by atoms with van der Waals surface area (Å²) in [7, 11) is 0. The molecule has 1 rings (SSSR count). The van der Waals surface area contributed by atoms with Gasteiger partial charge in [-0.1, -0.05) is 13.8 Å². The molecule has 0 aliphatic carbocycles. The van der Waals surface area contributed by atoms with E-state index in [2.05, 4.69) is 0 Å². The Kier molecular flexibility index (Phi) is 8.97. The third kappa shape index (κ3) is 6.88. The molecule has 0 bridgehead atoms. The van der Waals surface area contributed by atoms with E-state index in [-0.39, 0.29) is 6.07 Å². The number of ketones is 1. The molecule has 4 atom stereocenters. The van der Waals surface area contributed by atoms with Crippen molar-refractivity contribution in [1.29, 1.82) is 0 Å². The zero-order valence-electron chi connectivity index (χ0n) is 17.9. The second kappa shape index (κ2) is 10.4. The summed E-state index contributed by atoms with van der Waals surface area (Å²) in [5.41, 5.74) is 10.7. The molecule has 31 heavy (non-hydrogen) atoms. The van der Waals surface area contributed by atoms with Crippen LogP contribution in [0.4, 0.5) is 17.6 Å². The molecule has 5 N–H and O–H groups in total. The van der Waals surface area contributed by atoms with E-state index in [1.165, 1.54) is 0 Å². The first kappa shape index (κ1) is 26.8. The molecule has 176 valence electrons. The lowest BCUT2D eigenvalue weighted by atomic mass is 9.83. The van der Waals surface area contributed by atoms with Gasteiger partial charge in [0, 0.05) is 6.07 Å². The van der Waals surface area contributed by atoms with Crippen molar-refractivity contribution in [2.45, 2.75) is 58.4 Å². The lowest BCUT2D eigenvalue weighted by Crippen LogP contribution is -2.55. The Balaban J connectivity index is 3.19. The van der Waals surface area contributed by atoms with Crippen LogP contribution in [0.2, 0.25) is 0 Å². The number of halogens is 4. The van der Waals surface area contributed by atoms with Crippen LogP contribution in [0.15, 0.2) is 6.07 Å². The Bertz CT molecular complexity index is 787. The van der Waals surface area contributed by atoms with E-state index < -0.39 is 83.0 Å². The monoisotopic (exact) mass is 452 g/mol. The molecule has 0 heterocycles. The number of benzene rings is 1. The second-order valence-electron chi connectivity index (χ2n) is 8.43. The second-order valence-corrected chi connectivity index (χ2v) is 8.43. The summed E-state index contributed by atoms with van der Waals surface area (Å²) in [6.07, 6.45) is -1.91. The van der Waals surface area contributed by atoms with E-state index in [4.69, 9.17) is 20.9 Å². The van der Waals surface area contributed by atoms with Crippen LogP contribution < -0.4 is 16.2 Å². The molecule has 7 nitrogen and oxygen atoms in total. The Morgan fingerprint density at radius 2 is 1.52 bits per heavy atom. The number of aliphatic hydroxyl groups is 1. The van der Waals surface area contributed by atoms with Crippen molar-refractivity contribution >= 4 is 11.8 Å². The van der Waals surface area contributed by atoms with Gasteiger partial charge in [0.2, 0.25) is 11.6 Å². The van der Waals surface area contributed by atoms with Crippen LogP contribution in [-0.4, -0.2) is 47.3 Å². The molecular weight excluding hydrogens is 424 g/mol. The van der Waals surface area contributed by atoms with Gasteiger partial charge in [0.25, 0.3) is 0 Å². The number of ether oxygens (including phenoxy) is 2. The minimum absolute atomic E-state index is 0.0135. The fourth-order valence-electron chi connectivity index (χ4n) is 2.62. The van der Waals surface area contributed by atoms with Gasteiger partial charge in [-0.2, -0.15) is 8.78 Å². The average Bonchev–Trinajstić information content (AvgIpc) is 2.64. The number of aliphatic hydroxyl groups excluding tert-OH is 1. The zero-order valence-corrected chi connectivity index (χ0v) is 17.9. The molecule has 0 aliphatic rings. The highest BCUT2D eigenvalue weighted by Gasteiger charge is 2.41. The maximum atomic E-state index is 13.8. The third-order valence-corrected chi connectivity index (χ3v) is 4.33. The predicted octanol–water partition coefficient (Wildman–Crippen LogP) is 1.82. The smallest absolute Gasteiger partial charge is 0.324 e. The lowest BCUT2D eigenvalue weighted by molar-refractivity contribution is -0.161. The Morgan fingerprint density at radius 3 is 1.94 bits per heavy atom. The fourth-order valence-corrected chi connectivity index (χ4v) is 2.62. The first-order valence-electron chi connectivity index (χ1n) is 9.50. The number of nitrogens with two attached hydrogens (primary N) is 2. The van der Waals surface area contributed by atoms with Crippen molar-refractivity contribution in [1.82, 2.24) is 0 Å². The van der Waals surface area contributed by atoms with Crippen LogP contribution in [0.5, 0.6) is 5.75 Å². The maximum absolute atomic E-state index is 13.8. The molecular formula is C20H28F4N2O5. The van der Waals surface area contributed by atoms with Gasteiger partial charge >= 0.3 is 5.97 Å². The molecule has 0 aliphatic heterocycles. The van der Waals surface area contributed by atoms with E-state index in [1.54, 1.807) is 34.6 Å². The van der Waals surface area contributed by atoms with Gasteiger partial charge in [-0.15, -0.1) is 0 Å². The highest BCUT2D eigenvalue weighted by atomic mass is 19.2. The number of carbonyl (C=O) groups is 2. The number of esters is 1. The molecule has 11 heteroatoms. The van der Waals surface area contributed by atoms with Gasteiger partial charge in [0.1, 0.15) is 18.2 Å². The lowest BCUT2D eigenvalue weighted by Gasteiger charge is -2.31. The van der Waals surface area contributed by atoms with E-state index in [0.29, 0.717) is 0 Å². The van der Waals surface area contributed by atoms with Crippen molar-refractivity contribution in [2.24, 2.45) is 23.3 Å². The van der Waals surface area contributed by atoms with Gasteiger partial charge in [-0.05, 0) is 26.7 Å². The molecule has 0 amide bonds. The van der Waals surface area contributed by atoms with Crippen LogP contribution >= 0.6 is 0 Å². The average molecular weight is 452 g/mol. The first-order chi connectivity index (χ1) is 14.1. The largest absolute Gasteiger partial charge is 0.485 e. The summed E-state index contributed by atoms with van der Waals surface area (Å²) in [6, 6.07) is -2.86. The quantitative estimate of drug-likeness (QED) is 0.297. The molecule has 0 spiro atoms. The van der Waals surface area contributed by atoms with Gasteiger partial charge in [-0.3, -0.25) is 9.59 Å². The van der Waals surface area contributed by atoms with Crippen molar-refractivity contribution in [3.05, 3.63) is 29.3 Å². The normalized spacial score (nSPS) is 15.9. The summed E-state index contributed by atoms with van der Waals surface area (Å²) in [5, 5.41) is 10.5. The summed E-state index contributed by atoms with van der Waals surface area (Å²) in [4.78, 5) is 25.2. The van der Waals surface area contributed by atoms with E-state index in [0.717, 1.165) is 0 Å². The molecule has 1 aromatic carbocycles. The van der Waals surface area contributed by atoms with Crippen LogP contribution in [0.3, 0.4) is 0 Å². The molecule has 0 saturated heterocycles. The van der Waals surface area contributed by atoms with Gasteiger partial charge in [0.05, 0.1) is 18.1 Å². The number of carbonyl (C=O) groups excluding carboxylic acids is 2. The summed E-state index contributed by atoms with van der Waals surface area (Å²) >= 11 is 0. The first-order valence-corrected chi connectivity index (χ1v) is 9.50. The third-order valence-electron chi connectivity index (χ3n) is 4.33. The van der Waals surface area contributed by atoms with Crippen molar-refractivity contribution < 1.29 is 41.7 Å². The standard InChI is InChI=1S/C20H28F4N2O5/c1-8(2)15(25)17(28)12(16(26)19(29)31-20(3,4)5)11(27)7-30-18-13(23)9(21)6-10(22)14(18)24/h6,8,11-12,15-16,27H,7,25-26H2,1-5H3/t11?,12-,15+,16?/m1/s1. The minimum Gasteiger partial charge on any atom is -0.485 e. The van der Waals surface area contributed by atoms with E-state index in [1.807, 2.05) is 0 Å². The number of Topliss-reactive ketones (excluding diaryl/α,β-unsaturated/α-hetero) is 1. The topological polar surface area (TPSA) is 125 Å². The fraction of sp³-hybridized carbons (Fsp3) is 0.600. The summed E-state index contributed by atoms with van der Waals surface area (Å²) in [5.74, 6) is -12.5. The highest BCUT2D eigenvalue weighted by molar-refractivity contribution is 5.92. The minimum atomic E-state index is -1.91. The van der Waals surface area contributed by atoms with Gasteiger partial charge in [-0.25, -0.2) is 8.78 Å². The molecule has 0 aromatic heterocycles. The number of hydrogen-bond acceptors (Lipinski definition) is 7. The van der Waals surface area contributed by atoms with Crippen molar-refractivity contribution in [3.63, 3.8) is 0 Å². The maximum Gasteiger partial charge on any atom is 0.324 e. The van der Waals surface area contributed by atoms with Crippen LogP contribution in [0.25, 0.3) is 0 Å². The molecule has 0 radical (unpaired) electrons. The molecule has 0 saturated carbocycles. The Morgan fingerprint density at radius 1 is 1.03 bits per heavy atom. The Labute approximate surface area is 177 Å². The molecule has 1 aromatic rings. The van der Waals surface area contributed by atoms with E-state index >= 15 is 0 Å². The SMILES string of the molecule is CC(C)[C@H](N)C(=O)[C@H](C(O)COc1c(F)c(F)cc(F)c1F)C(N)C(=O)OC(C)(C)C. The Hall–Kier alpha value is -2.24. The van der Waals surface area contributed by atoms with Crippen molar-refractivity contribution in [3.8, 4) is 5.75 Å². The van der Waals surface area contributed by atoms with Crippen molar-refractivity contribution in [2.75, 3.05) is 6.61 Å². The van der Waals surface area contributed by atoms with Crippen LogP contribution in [0.1, 0.15) is 34.6 Å². The van der Waals surface area contributed by atoms with Crippen LogP contribution in [0, 0.1) is 35.1 Å². The van der Waals surface area contributed by atoms with E-state index in [9.17, 15) is 32.3 Å². The zero-order chi connectivity index (χ0) is 24.3. The van der Waals surface area contributed by atoms with Gasteiger partial charge < -0.3 is 26.0 Å². The summed E-state index contributed by atoms with van der Waals surface area (Å²) in [6.45, 7) is 6.87. The molecule has 0 fully saturated rings.